The molecule has 0 unspecified atom stereocenters. The Bertz CT molecular complexity index is 1240. The quantitative estimate of drug-likeness (QED) is 0.361. The number of hydrogen-bond acceptors (Lipinski definition) is 1. The molecule has 3 heteroatoms. The third-order valence-corrected chi connectivity index (χ3v) is 6.94. The Kier molecular flexibility index (Phi) is 3.77. The maximum absolute atomic E-state index is 4.75. The minimum absolute atomic E-state index is 0.315. The van der Waals surface area contributed by atoms with E-state index in [4.69, 9.17) is 4.98 Å². The van der Waals surface area contributed by atoms with Crippen molar-refractivity contribution < 1.29 is 0 Å². The standard InChI is InChI=1S/C23H18N2Se/c1-2-25-20-9-5-3-7-17(20)18-15-16(11-13-21(18)25)12-14-23-24-19-8-4-6-10-22(19)26-23/h3-15H,2H2,1H3/b14-12+. The van der Waals surface area contributed by atoms with E-state index in [-0.39, 0.29) is 0 Å². The van der Waals surface area contributed by atoms with Crippen LogP contribution in [-0.2, 0) is 6.54 Å². The minimum atomic E-state index is 0.315. The second-order valence-electron chi connectivity index (χ2n) is 6.39. The Morgan fingerprint density at radius 1 is 0.885 bits per heavy atom. The summed E-state index contributed by atoms with van der Waals surface area (Å²) >= 11 is 0.315. The van der Waals surface area contributed by atoms with Crippen LogP contribution in [0.1, 0.15) is 17.1 Å². The van der Waals surface area contributed by atoms with Crippen LogP contribution in [0.3, 0.4) is 0 Å². The van der Waals surface area contributed by atoms with Gasteiger partial charge in [-0.3, -0.25) is 0 Å². The molecule has 0 saturated heterocycles. The van der Waals surface area contributed by atoms with Crippen LogP contribution in [-0.4, -0.2) is 24.1 Å². The van der Waals surface area contributed by atoms with E-state index in [9.17, 15) is 0 Å². The molecular formula is C23H18N2Se. The summed E-state index contributed by atoms with van der Waals surface area (Å²) in [6.07, 6.45) is 4.38. The number of rotatable bonds is 3. The van der Waals surface area contributed by atoms with E-state index in [0.29, 0.717) is 14.5 Å². The molecule has 0 bridgehead atoms. The molecule has 5 rings (SSSR count). The van der Waals surface area contributed by atoms with E-state index >= 15 is 0 Å². The van der Waals surface area contributed by atoms with Crippen molar-refractivity contribution in [1.82, 2.24) is 9.55 Å². The number of aromatic nitrogens is 2. The van der Waals surface area contributed by atoms with Crippen LogP contribution in [0.15, 0.2) is 66.7 Å². The first-order valence-corrected chi connectivity index (χ1v) is 10.6. The topological polar surface area (TPSA) is 17.8 Å². The van der Waals surface area contributed by atoms with Crippen molar-refractivity contribution in [3.8, 4) is 0 Å². The molecule has 0 aliphatic heterocycles. The van der Waals surface area contributed by atoms with E-state index in [1.807, 2.05) is 0 Å². The van der Waals surface area contributed by atoms with E-state index in [1.54, 1.807) is 0 Å². The van der Waals surface area contributed by atoms with Gasteiger partial charge < -0.3 is 0 Å². The summed E-state index contributed by atoms with van der Waals surface area (Å²) in [5.74, 6) is 0. The molecule has 5 aromatic rings. The molecule has 0 N–H and O–H groups in total. The molecule has 0 spiro atoms. The molecule has 26 heavy (non-hydrogen) atoms. The third kappa shape index (κ3) is 2.52. The van der Waals surface area contributed by atoms with Gasteiger partial charge in [-0.25, -0.2) is 0 Å². The van der Waals surface area contributed by atoms with Gasteiger partial charge in [0.15, 0.2) is 0 Å². The second-order valence-corrected chi connectivity index (χ2v) is 8.62. The van der Waals surface area contributed by atoms with Crippen molar-refractivity contribution in [2.45, 2.75) is 13.5 Å². The van der Waals surface area contributed by atoms with Crippen LogP contribution >= 0.6 is 0 Å². The predicted molar refractivity (Wildman–Crippen MR) is 113 cm³/mol. The van der Waals surface area contributed by atoms with Gasteiger partial charge in [0, 0.05) is 0 Å². The van der Waals surface area contributed by atoms with Crippen molar-refractivity contribution in [3.63, 3.8) is 0 Å². The van der Waals surface area contributed by atoms with Crippen molar-refractivity contribution in [1.29, 1.82) is 0 Å². The second kappa shape index (κ2) is 6.28. The molecule has 0 aliphatic carbocycles. The van der Waals surface area contributed by atoms with E-state index in [1.165, 1.54) is 36.2 Å². The summed E-state index contributed by atoms with van der Waals surface area (Å²) in [4.78, 5) is 4.75. The fourth-order valence-corrected chi connectivity index (χ4v) is 5.47. The zero-order valence-corrected chi connectivity index (χ0v) is 16.2. The first-order valence-electron chi connectivity index (χ1n) is 8.88. The Morgan fingerprint density at radius 2 is 1.69 bits per heavy atom. The first kappa shape index (κ1) is 15.6. The monoisotopic (exact) mass is 402 g/mol. The molecular weight excluding hydrogens is 383 g/mol. The molecule has 0 amide bonds. The normalized spacial score (nSPS) is 12.0. The number of nitrogens with zero attached hydrogens (tertiary/aromatic N) is 2. The van der Waals surface area contributed by atoms with E-state index in [0.717, 1.165) is 12.1 Å². The summed E-state index contributed by atoms with van der Waals surface area (Å²) < 4.78 is 4.95. The zero-order chi connectivity index (χ0) is 17.5. The Labute approximate surface area is 158 Å². The molecule has 126 valence electrons. The van der Waals surface area contributed by atoms with E-state index in [2.05, 4.69) is 90.4 Å². The van der Waals surface area contributed by atoms with Gasteiger partial charge in [0.05, 0.1) is 0 Å². The molecule has 0 fully saturated rings. The first-order chi connectivity index (χ1) is 12.8. The van der Waals surface area contributed by atoms with Crippen LogP contribution in [0.5, 0.6) is 0 Å². The average Bonchev–Trinajstić information content (AvgIpc) is 3.24. The summed E-state index contributed by atoms with van der Waals surface area (Å²) in [5, 5.41) is 2.65. The molecule has 2 aromatic heterocycles. The fraction of sp³-hybridized carbons (Fsp3) is 0.0870. The maximum atomic E-state index is 4.75. The molecule has 2 nitrogen and oxygen atoms in total. The van der Waals surface area contributed by atoms with Gasteiger partial charge in [-0.1, -0.05) is 0 Å². The van der Waals surface area contributed by atoms with Crippen molar-refractivity contribution in [2.24, 2.45) is 0 Å². The number of hydrogen-bond donors (Lipinski definition) is 0. The fourth-order valence-electron chi connectivity index (χ4n) is 3.64. The Hall–Kier alpha value is -2.61. The molecule has 2 heterocycles. The van der Waals surface area contributed by atoms with Crippen molar-refractivity contribution in [3.05, 3.63) is 76.9 Å². The van der Waals surface area contributed by atoms with Crippen molar-refractivity contribution >= 4 is 58.2 Å². The van der Waals surface area contributed by atoms with Gasteiger partial charge in [0.2, 0.25) is 0 Å². The molecule has 0 saturated carbocycles. The number of benzene rings is 3. The molecule has 0 atom stereocenters. The van der Waals surface area contributed by atoms with E-state index < -0.39 is 0 Å². The van der Waals surface area contributed by atoms with Crippen LogP contribution in [0.4, 0.5) is 0 Å². The number of fused-ring (bicyclic) bond motifs is 4. The number of aryl methyl sites for hydroxylation is 1. The summed E-state index contributed by atoms with van der Waals surface area (Å²) in [7, 11) is 0. The Balaban J connectivity index is 1.60. The SMILES string of the molecule is CCn1c2ccccc2c2cc(/C=C/c3nc4ccccc4[se]3)ccc21. The average molecular weight is 401 g/mol. The van der Waals surface area contributed by atoms with Gasteiger partial charge in [0.25, 0.3) is 0 Å². The van der Waals surface area contributed by atoms with Crippen LogP contribution in [0.2, 0.25) is 0 Å². The Morgan fingerprint density at radius 3 is 2.58 bits per heavy atom. The summed E-state index contributed by atoms with van der Waals surface area (Å²) in [5.41, 5.74) is 4.98. The summed E-state index contributed by atoms with van der Waals surface area (Å²) in [6, 6.07) is 23.9. The zero-order valence-electron chi connectivity index (χ0n) is 14.5. The van der Waals surface area contributed by atoms with Crippen LogP contribution in [0, 0.1) is 0 Å². The molecule has 3 aromatic carbocycles. The predicted octanol–water partition coefficient (Wildman–Crippen LogP) is 5.59. The van der Waals surface area contributed by atoms with Crippen LogP contribution in [0.25, 0.3) is 43.7 Å². The van der Waals surface area contributed by atoms with Crippen molar-refractivity contribution in [2.75, 3.05) is 0 Å². The summed E-state index contributed by atoms with van der Waals surface area (Å²) in [6.45, 7) is 3.19. The van der Waals surface area contributed by atoms with Gasteiger partial charge >= 0.3 is 158 Å². The van der Waals surface area contributed by atoms with Gasteiger partial charge in [-0.05, 0) is 0 Å². The molecule has 0 radical (unpaired) electrons. The van der Waals surface area contributed by atoms with Gasteiger partial charge in [0.1, 0.15) is 0 Å². The third-order valence-electron chi connectivity index (χ3n) is 4.84. The van der Waals surface area contributed by atoms with Crippen LogP contribution < -0.4 is 0 Å². The molecule has 0 aliphatic rings. The van der Waals surface area contributed by atoms with Gasteiger partial charge in [-0.2, -0.15) is 0 Å². The van der Waals surface area contributed by atoms with Gasteiger partial charge in [-0.15, -0.1) is 0 Å². The number of para-hydroxylation sites is 2.